The summed E-state index contributed by atoms with van der Waals surface area (Å²) >= 11 is 1.74. The van der Waals surface area contributed by atoms with Crippen LogP contribution in [-0.2, 0) is 6.54 Å². The third-order valence-corrected chi connectivity index (χ3v) is 3.80. The fraction of sp³-hybridized carbons (Fsp3) is 0.286. The van der Waals surface area contributed by atoms with Crippen LogP contribution >= 0.6 is 11.3 Å². The normalized spacial score (nSPS) is 12.9. The van der Waals surface area contributed by atoms with Crippen molar-refractivity contribution in [3.05, 3.63) is 52.2 Å². The van der Waals surface area contributed by atoms with E-state index in [0.29, 0.717) is 6.04 Å². The molecule has 17 heavy (non-hydrogen) atoms. The number of nitrogens with two attached hydrogens (primary N) is 1. The first kappa shape index (κ1) is 12.1. The molecule has 0 fully saturated rings. The molecule has 1 aromatic heterocycles. The summed E-state index contributed by atoms with van der Waals surface area (Å²) in [7, 11) is 2.14. The molecule has 0 saturated heterocycles. The van der Waals surface area contributed by atoms with E-state index in [2.05, 4.69) is 47.8 Å². The summed E-state index contributed by atoms with van der Waals surface area (Å²) in [5.41, 5.74) is 9.28. The van der Waals surface area contributed by atoms with Crippen molar-refractivity contribution in [1.82, 2.24) is 4.90 Å². The van der Waals surface area contributed by atoms with Gasteiger partial charge in [0, 0.05) is 18.3 Å². The Balaban J connectivity index is 2.06. The fourth-order valence-corrected chi connectivity index (χ4v) is 2.54. The van der Waals surface area contributed by atoms with Crippen LogP contribution in [0.15, 0.2) is 41.1 Å². The molecule has 90 valence electrons. The maximum Gasteiger partial charge on any atom is 0.0321 e. The van der Waals surface area contributed by atoms with Crippen molar-refractivity contribution in [3.8, 4) is 0 Å². The molecule has 0 radical (unpaired) electrons. The van der Waals surface area contributed by atoms with E-state index >= 15 is 0 Å². The van der Waals surface area contributed by atoms with Gasteiger partial charge in [-0.1, -0.05) is 12.1 Å². The van der Waals surface area contributed by atoms with Gasteiger partial charge in [0.15, 0.2) is 0 Å². The molecule has 3 heteroatoms. The minimum Gasteiger partial charge on any atom is -0.399 e. The predicted molar refractivity (Wildman–Crippen MR) is 75.1 cm³/mol. The quantitative estimate of drug-likeness (QED) is 0.836. The molecule has 2 N–H and O–H groups in total. The van der Waals surface area contributed by atoms with E-state index < -0.39 is 0 Å². The summed E-state index contributed by atoms with van der Waals surface area (Å²) in [4.78, 5) is 2.33. The fourth-order valence-electron chi connectivity index (χ4n) is 1.88. The molecule has 0 amide bonds. The molecule has 1 atom stereocenters. The molecule has 2 nitrogen and oxygen atoms in total. The van der Waals surface area contributed by atoms with Crippen molar-refractivity contribution in [2.45, 2.75) is 19.5 Å². The molecule has 0 saturated carbocycles. The molecule has 0 aliphatic rings. The van der Waals surface area contributed by atoms with Crippen molar-refractivity contribution in [1.29, 1.82) is 0 Å². The largest absolute Gasteiger partial charge is 0.399 e. The molecule has 2 aromatic rings. The lowest BCUT2D eigenvalue weighted by Crippen LogP contribution is -2.21. The molecule has 0 bridgehead atoms. The maximum atomic E-state index is 5.82. The molecule has 0 aliphatic carbocycles. The van der Waals surface area contributed by atoms with Gasteiger partial charge in [-0.3, -0.25) is 4.90 Å². The second-order valence-electron chi connectivity index (χ2n) is 4.39. The molecule has 0 spiro atoms. The van der Waals surface area contributed by atoms with Crippen molar-refractivity contribution in [3.63, 3.8) is 0 Å². The highest BCUT2D eigenvalue weighted by Gasteiger charge is 2.12. The van der Waals surface area contributed by atoms with E-state index in [0.717, 1.165) is 12.2 Å². The second kappa shape index (κ2) is 5.34. The first-order chi connectivity index (χ1) is 8.16. The van der Waals surface area contributed by atoms with E-state index in [1.165, 1.54) is 11.1 Å². The van der Waals surface area contributed by atoms with Crippen molar-refractivity contribution < 1.29 is 0 Å². The lowest BCUT2D eigenvalue weighted by atomic mass is 10.1. The van der Waals surface area contributed by atoms with Gasteiger partial charge in [0.05, 0.1) is 0 Å². The Labute approximate surface area is 107 Å². The highest BCUT2D eigenvalue weighted by atomic mass is 32.1. The topological polar surface area (TPSA) is 29.3 Å². The van der Waals surface area contributed by atoms with Gasteiger partial charge in [0.2, 0.25) is 0 Å². The van der Waals surface area contributed by atoms with Crippen LogP contribution in [0.5, 0.6) is 0 Å². The van der Waals surface area contributed by atoms with E-state index in [1.54, 1.807) is 11.3 Å². The molecular weight excluding hydrogens is 228 g/mol. The number of thiophene rings is 1. The highest BCUT2D eigenvalue weighted by Crippen LogP contribution is 2.22. The summed E-state index contributed by atoms with van der Waals surface area (Å²) in [6, 6.07) is 10.7. The van der Waals surface area contributed by atoms with Gasteiger partial charge in [-0.05, 0) is 54.1 Å². The Hall–Kier alpha value is -1.32. The maximum absolute atomic E-state index is 5.82. The Morgan fingerprint density at radius 2 is 2.18 bits per heavy atom. The van der Waals surface area contributed by atoms with Crippen LogP contribution in [0.1, 0.15) is 24.1 Å². The van der Waals surface area contributed by atoms with Crippen molar-refractivity contribution >= 4 is 17.0 Å². The molecule has 1 heterocycles. The monoisotopic (exact) mass is 246 g/mol. The average Bonchev–Trinajstić information content (AvgIpc) is 2.80. The van der Waals surface area contributed by atoms with E-state index in [4.69, 9.17) is 5.73 Å². The van der Waals surface area contributed by atoms with Gasteiger partial charge in [0.25, 0.3) is 0 Å². The second-order valence-corrected chi connectivity index (χ2v) is 5.17. The van der Waals surface area contributed by atoms with Crippen LogP contribution in [0.4, 0.5) is 5.69 Å². The van der Waals surface area contributed by atoms with E-state index in [1.807, 2.05) is 12.1 Å². The predicted octanol–water partition coefficient (Wildman–Crippen LogP) is 3.52. The number of benzene rings is 1. The zero-order valence-corrected chi connectivity index (χ0v) is 11.1. The Morgan fingerprint density at radius 1 is 1.35 bits per heavy atom. The van der Waals surface area contributed by atoms with Crippen LogP contribution in [0.3, 0.4) is 0 Å². The Morgan fingerprint density at radius 3 is 2.82 bits per heavy atom. The van der Waals surface area contributed by atoms with Gasteiger partial charge in [-0.15, -0.1) is 0 Å². The third kappa shape index (κ3) is 3.08. The minimum atomic E-state index is 0.374. The molecule has 1 unspecified atom stereocenters. The van der Waals surface area contributed by atoms with Gasteiger partial charge < -0.3 is 5.73 Å². The number of nitrogens with zero attached hydrogens (tertiary/aromatic N) is 1. The smallest absolute Gasteiger partial charge is 0.0321 e. The number of hydrogen-bond donors (Lipinski definition) is 1. The van der Waals surface area contributed by atoms with Gasteiger partial charge >= 0.3 is 0 Å². The van der Waals surface area contributed by atoms with Gasteiger partial charge in [-0.2, -0.15) is 11.3 Å². The zero-order valence-electron chi connectivity index (χ0n) is 10.3. The summed E-state index contributed by atoms with van der Waals surface area (Å²) in [6.07, 6.45) is 0. The van der Waals surface area contributed by atoms with Crippen LogP contribution in [0, 0.1) is 0 Å². The zero-order chi connectivity index (χ0) is 12.3. The highest BCUT2D eigenvalue weighted by molar-refractivity contribution is 7.07. The number of anilines is 1. The van der Waals surface area contributed by atoms with Crippen LogP contribution in [0.2, 0.25) is 0 Å². The number of rotatable bonds is 4. The first-order valence-corrected chi connectivity index (χ1v) is 6.68. The van der Waals surface area contributed by atoms with Crippen molar-refractivity contribution in [2.24, 2.45) is 0 Å². The minimum absolute atomic E-state index is 0.374. The SMILES string of the molecule is CC(c1cccc(N)c1)N(C)Cc1ccsc1. The third-order valence-electron chi connectivity index (χ3n) is 3.07. The summed E-state index contributed by atoms with van der Waals surface area (Å²) in [6.45, 7) is 3.18. The van der Waals surface area contributed by atoms with E-state index in [9.17, 15) is 0 Å². The number of nitrogen functional groups attached to an aromatic ring is 1. The molecule has 2 rings (SSSR count). The summed E-state index contributed by atoms with van der Waals surface area (Å²) in [5.74, 6) is 0. The van der Waals surface area contributed by atoms with Gasteiger partial charge in [0.1, 0.15) is 0 Å². The van der Waals surface area contributed by atoms with Crippen molar-refractivity contribution in [2.75, 3.05) is 12.8 Å². The Bertz CT molecular complexity index is 465. The first-order valence-electron chi connectivity index (χ1n) is 5.73. The molecule has 1 aromatic carbocycles. The summed E-state index contributed by atoms with van der Waals surface area (Å²) < 4.78 is 0. The molecular formula is C14H18N2S. The van der Waals surface area contributed by atoms with E-state index in [-0.39, 0.29) is 0 Å². The van der Waals surface area contributed by atoms with Crippen LogP contribution < -0.4 is 5.73 Å². The van der Waals surface area contributed by atoms with Crippen LogP contribution in [0.25, 0.3) is 0 Å². The standard InChI is InChI=1S/C14H18N2S/c1-11(13-4-3-5-14(15)8-13)16(2)9-12-6-7-17-10-12/h3-8,10-11H,9,15H2,1-2H3. The average molecular weight is 246 g/mol. The van der Waals surface area contributed by atoms with Gasteiger partial charge in [-0.25, -0.2) is 0 Å². The lowest BCUT2D eigenvalue weighted by molar-refractivity contribution is 0.253. The number of hydrogen-bond acceptors (Lipinski definition) is 3. The molecule has 0 aliphatic heterocycles. The Kier molecular flexibility index (Phi) is 3.82. The lowest BCUT2D eigenvalue weighted by Gasteiger charge is -2.24. The van der Waals surface area contributed by atoms with Crippen LogP contribution in [-0.4, -0.2) is 11.9 Å². The summed E-state index contributed by atoms with van der Waals surface area (Å²) in [5, 5.41) is 4.32.